The Morgan fingerprint density at radius 2 is 0.500 bits per heavy atom. The van der Waals surface area contributed by atoms with E-state index in [1.807, 2.05) is 0 Å². The van der Waals surface area contributed by atoms with Crippen LogP contribution in [-0.2, 0) is 8.98 Å². The van der Waals surface area contributed by atoms with Gasteiger partial charge in [0, 0.05) is 46.7 Å². The van der Waals surface area contributed by atoms with Crippen molar-refractivity contribution in [2.24, 2.45) is 0 Å². The topological polar surface area (TPSA) is 109 Å². The van der Waals surface area contributed by atoms with Gasteiger partial charge in [-0.25, -0.2) is 4.79 Å². The van der Waals surface area contributed by atoms with Gasteiger partial charge in [0.1, 0.15) is 66.4 Å². The number of methoxy groups -OCH3 is 9. The predicted molar refractivity (Wildman–Crippen MR) is 202 cm³/mol. The van der Waals surface area contributed by atoms with Crippen molar-refractivity contribution in [1.29, 1.82) is 0 Å². The van der Waals surface area contributed by atoms with Crippen molar-refractivity contribution in [3.8, 4) is 51.7 Å². The lowest BCUT2D eigenvalue weighted by Crippen LogP contribution is -2.78. The molecule has 3 rings (SSSR count). The normalized spacial score (nSPS) is 14.2. The molecule has 11 nitrogen and oxygen atoms in total. The summed E-state index contributed by atoms with van der Waals surface area (Å²) in [5, 5.41) is 0. The quantitative estimate of drug-likeness (QED) is 0.0847. The van der Waals surface area contributed by atoms with Crippen molar-refractivity contribution in [3.63, 3.8) is 0 Å². The van der Waals surface area contributed by atoms with Crippen LogP contribution in [0.4, 0.5) is 101 Å². The van der Waals surface area contributed by atoms with Crippen LogP contribution >= 0.6 is 10.3 Å². The maximum absolute atomic E-state index is 16.4. The van der Waals surface area contributed by atoms with Gasteiger partial charge in [-0.05, 0) is 0 Å². The highest BCUT2D eigenvalue weighted by Gasteiger charge is 2.99. The van der Waals surface area contributed by atoms with Gasteiger partial charge in [-0.1, -0.05) is 0 Å². The molecule has 3 aromatic rings. The van der Waals surface area contributed by atoms with Crippen LogP contribution in [0.1, 0.15) is 0 Å². The highest BCUT2D eigenvalue weighted by molar-refractivity contribution is 8.30. The van der Waals surface area contributed by atoms with E-state index >= 15 is 35.1 Å². The zero-order valence-electron chi connectivity index (χ0n) is 38.1. The summed E-state index contributed by atoms with van der Waals surface area (Å²) in [7, 11) is 1.71. The monoisotopic (exact) mass is 1150 g/mol. The third-order valence-electron chi connectivity index (χ3n) is 10.2. The van der Waals surface area contributed by atoms with Crippen LogP contribution in [0.2, 0.25) is 0 Å². The van der Waals surface area contributed by atoms with Gasteiger partial charge in [0.2, 0.25) is 0 Å². The van der Waals surface area contributed by atoms with E-state index < -0.39 is 131 Å². The first kappa shape index (κ1) is 62.4. The maximum atomic E-state index is 16.4. The van der Waals surface area contributed by atoms with Crippen LogP contribution in [-0.4, -0.2) is 135 Å². The van der Waals surface area contributed by atoms with Crippen LogP contribution in [0.5, 0.6) is 51.7 Å². The van der Waals surface area contributed by atoms with E-state index in [0.717, 1.165) is 100 Å². The van der Waals surface area contributed by atoms with Gasteiger partial charge < -0.3 is 46.8 Å². The Labute approximate surface area is 401 Å². The molecule has 0 radical (unpaired) electrons. The van der Waals surface area contributed by atoms with Crippen molar-refractivity contribution in [3.05, 3.63) is 36.4 Å². The molecule has 0 atom stereocenters. The summed E-state index contributed by atoms with van der Waals surface area (Å²) in [5.74, 6) is -103. The molecule has 74 heavy (non-hydrogen) atoms. The summed E-state index contributed by atoms with van der Waals surface area (Å²) in [4.78, 5) is 10.7. The molecule has 422 valence electrons. The molecule has 0 heterocycles. The molecule has 3 aromatic carbocycles. The largest absolute Gasteiger partial charge is 0.496 e. The van der Waals surface area contributed by atoms with Crippen LogP contribution < -0.4 is 42.6 Å². The Kier molecular flexibility index (Phi) is 16.8. The fraction of sp³-hybridized carbons (Fsp3) is 0.513. The molecule has 0 amide bonds. The van der Waals surface area contributed by atoms with E-state index in [4.69, 9.17) is 46.8 Å². The lowest BCUT2D eigenvalue weighted by Gasteiger charge is -2.45. The molecule has 0 aromatic heterocycles. The summed E-state index contributed by atoms with van der Waals surface area (Å²) >= 11 is 0. The minimum atomic E-state index is -9.70. The fourth-order valence-electron chi connectivity index (χ4n) is 6.25. The average molecular weight is 1150 g/mol. The second-order valence-electron chi connectivity index (χ2n) is 14.3. The van der Waals surface area contributed by atoms with Crippen molar-refractivity contribution < 1.29 is 153 Å². The minimum Gasteiger partial charge on any atom is -0.496 e. The lowest BCUT2D eigenvalue weighted by atomic mass is 9.85. The summed E-state index contributed by atoms with van der Waals surface area (Å²) in [6, 6.07) is 4.59. The first-order valence-corrected chi connectivity index (χ1v) is 20.3. The second kappa shape index (κ2) is 20.0. The van der Waals surface area contributed by atoms with E-state index in [9.17, 15) is 70.7 Å². The molecule has 0 aliphatic heterocycles. The van der Waals surface area contributed by atoms with Crippen LogP contribution in [0.25, 0.3) is 0 Å². The van der Waals surface area contributed by atoms with Crippen LogP contribution in [0, 0.1) is 0 Å². The Morgan fingerprint density at radius 3 is 0.676 bits per heavy atom. The molecule has 0 saturated heterocycles. The number of alkyl halides is 23. The molecule has 0 unspecified atom stereocenters. The number of rotatable bonds is 23. The first-order chi connectivity index (χ1) is 33.4. The van der Waals surface area contributed by atoms with Crippen LogP contribution in [0.3, 0.4) is 0 Å². The number of hydrogen-bond acceptors (Lipinski definition) is 11. The molecule has 0 N–H and O–H groups in total. The van der Waals surface area contributed by atoms with E-state index in [1.165, 1.54) is 0 Å². The maximum Gasteiger partial charge on any atom is 0.460 e. The van der Waals surface area contributed by atoms with Gasteiger partial charge in [-0.15, -0.1) is 0 Å². The first-order valence-electron chi connectivity index (χ1n) is 18.8. The standard InChI is InChI=1S/C39H33F23O11S/c1-64-16-10-19(67-4)25(20(11-16)68-5)74(26-21(69-6)12-17(65-2)13-22(26)70-7,27-23(71-8)14-18(66-3)15-24(27)72-9)73-28(63)29(40,41)30(42,43)31(44,45)32(46,47)33(48,49)34(50,51)35(52,53)36(54,55)37(56,57)38(58,59)39(60,61)62/h10-15H,1-9H3. The lowest BCUT2D eigenvalue weighted by molar-refractivity contribution is -0.477. The van der Waals surface area contributed by atoms with Gasteiger partial charge >= 0.3 is 71.4 Å². The molecule has 0 aliphatic carbocycles. The van der Waals surface area contributed by atoms with Crippen molar-refractivity contribution in [1.82, 2.24) is 0 Å². The molecule has 35 heteroatoms. The third kappa shape index (κ3) is 8.72. The van der Waals surface area contributed by atoms with Crippen LogP contribution in [0.15, 0.2) is 51.1 Å². The molecule has 0 spiro atoms. The third-order valence-corrected chi connectivity index (χ3v) is 13.6. The summed E-state index contributed by atoms with van der Waals surface area (Å²) < 4.78 is 387. The van der Waals surface area contributed by atoms with Gasteiger partial charge in [0.25, 0.3) is 0 Å². The molecular weight excluding hydrogens is 1110 g/mol. The summed E-state index contributed by atoms with van der Waals surface area (Å²) in [5.41, 5.74) is 0. The SMILES string of the molecule is COc1cc(OC)c(S(OC(=O)C(F)(F)C(F)(F)C(F)(F)C(F)(F)C(F)(F)C(F)(F)C(F)(F)C(F)(F)C(F)(F)C(F)(F)C(F)(F)F)(c2c(OC)cc(OC)cc2OC)c2c(OC)cc(OC)cc2OC)c(OC)c1. The van der Waals surface area contributed by atoms with Gasteiger partial charge in [-0.2, -0.15) is 101 Å². The minimum absolute atomic E-state index is 0.373. The van der Waals surface area contributed by atoms with Crippen molar-refractivity contribution >= 4 is 16.3 Å². The van der Waals surface area contributed by atoms with E-state index in [-0.39, 0.29) is 17.2 Å². The number of ether oxygens (including phenoxy) is 9. The van der Waals surface area contributed by atoms with E-state index in [1.54, 1.807) is 0 Å². The number of hydrogen-bond donors (Lipinski definition) is 0. The predicted octanol–water partition coefficient (Wildman–Crippen LogP) is 12.4. The molecular formula is C39H33F23O11S. The Balaban J connectivity index is 2.66. The molecule has 0 aliphatic rings. The number of benzene rings is 3. The number of halogens is 23. The highest BCUT2D eigenvalue weighted by Crippen LogP contribution is 2.81. The zero-order valence-corrected chi connectivity index (χ0v) is 38.9. The summed E-state index contributed by atoms with van der Waals surface area (Å²) in [6.45, 7) is 0. The highest BCUT2D eigenvalue weighted by atomic mass is 32.3. The van der Waals surface area contributed by atoms with Gasteiger partial charge in [0.15, 0.2) is 0 Å². The average Bonchev–Trinajstić information content (AvgIpc) is 3.33. The molecule has 0 bridgehead atoms. The van der Waals surface area contributed by atoms with Crippen molar-refractivity contribution in [2.45, 2.75) is 80.1 Å². The van der Waals surface area contributed by atoms with Gasteiger partial charge in [-0.3, -0.25) is 0 Å². The Morgan fingerprint density at radius 1 is 0.311 bits per heavy atom. The molecule has 0 saturated carbocycles. The number of carbonyl (C=O) groups is 1. The Hall–Kier alpha value is -5.93. The fourth-order valence-corrected chi connectivity index (χ4v) is 10.00. The van der Waals surface area contributed by atoms with E-state index in [2.05, 4.69) is 0 Å². The zero-order chi connectivity index (χ0) is 57.8. The Bertz CT molecular complexity index is 2310. The van der Waals surface area contributed by atoms with Crippen molar-refractivity contribution in [2.75, 3.05) is 64.0 Å². The summed E-state index contributed by atoms with van der Waals surface area (Å²) in [6.07, 6.45) is -8.23. The number of carbonyl (C=O) groups excluding carboxylic acids is 1. The van der Waals surface area contributed by atoms with E-state index in [0.29, 0.717) is 0 Å². The second-order valence-corrected chi connectivity index (χ2v) is 16.8. The molecule has 0 fully saturated rings. The van der Waals surface area contributed by atoms with Gasteiger partial charge in [0.05, 0.1) is 64.0 Å². The smallest absolute Gasteiger partial charge is 0.460 e.